The Hall–Kier alpha value is -3.46. The third-order valence-electron chi connectivity index (χ3n) is 9.95. The second-order valence-electron chi connectivity index (χ2n) is 13.5. The van der Waals surface area contributed by atoms with Gasteiger partial charge < -0.3 is 25.0 Å². The summed E-state index contributed by atoms with van der Waals surface area (Å²) in [6.07, 6.45) is -2.71. The highest BCUT2D eigenvalue weighted by Gasteiger charge is 2.57. The fourth-order valence-corrected chi connectivity index (χ4v) is 6.85. The van der Waals surface area contributed by atoms with Crippen LogP contribution in [-0.2, 0) is 9.53 Å². The van der Waals surface area contributed by atoms with Crippen LogP contribution in [0.3, 0.4) is 0 Å². The van der Waals surface area contributed by atoms with Gasteiger partial charge in [-0.1, -0.05) is 25.7 Å². The zero-order chi connectivity index (χ0) is 33.7. The molecule has 16 heteroatoms. The Morgan fingerprint density at radius 1 is 0.979 bits per heavy atom. The molecule has 1 aromatic carbocycles. The summed E-state index contributed by atoms with van der Waals surface area (Å²) in [5, 5.41) is 5.29. The Morgan fingerprint density at radius 3 is 2.23 bits per heavy atom. The highest BCUT2D eigenvalue weighted by molar-refractivity contribution is 5.99. The number of alkyl carbamates (subject to hydrolysis) is 1. The Balaban J connectivity index is 1.18. The molecule has 2 aliphatic heterocycles. The molecule has 2 unspecified atom stereocenters. The summed E-state index contributed by atoms with van der Waals surface area (Å²) in [4.78, 5) is 41.8. The molecule has 1 aromatic rings. The molecular weight excluding hydrogens is 641 g/mol. The number of alkyl halides is 7. The number of amides is 4. The van der Waals surface area contributed by atoms with Crippen LogP contribution < -0.4 is 20.3 Å². The molecule has 0 spiro atoms. The van der Waals surface area contributed by atoms with Crippen molar-refractivity contribution in [1.29, 1.82) is 0 Å². The van der Waals surface area contributed by atoms with Crippen LogP contribution in [0.2, 0.25) is 0 Å². The number of carbonyl (C=O) groups excluding carboxylic acids is 3. The summed E-state index contributed by atoms with van der Waals surface area (Å²) in [6.45, 7) is -1.64. The van der Waals surface area contributed by atoms with Gasteiger partial charge in [-0.3, -0.25) is 9.69 Å². The van der Waals surface area contributed by atoms with Crippen LogP contribution in [0.5, 0.6) is 5.75 Å². The molecule has 4 fully saturated rings. The van der Waals surface area contributed by atoms with Gasteiger partial charge in [0.25, 0.3) is 5.92 Å². The van der Waals surface area contributed by atoms with E-state index in [2.05, 4.69) is 10.6 Å². The Morgan fingerprint density at radius 2 is 1.64 bits per heavy atom. The van der Waals surface area contributed by atoms with Gasteiger partial charge in [0, 0.05) is 50.0 Å². The number of benzene rings is 1. The monoisotopic (exact) mass is 678 g/mol. The number of nitrogens with one attached hydrogen (secondary N) is 2. The van der Waals surface area contributed by atoms with E-state index in [1.165, 1.54) is 23.1 Å². The summed E-state index contributed by atoms with van der Waals surface area (Å²) in [6, 6.07) is 2.57. The van der Waals surface area contributed by atoms with Crippen molar-refractivity contribution in [1.82, 2.24) is 10.2 Å². The SMILES string of the molecule is O=C(NC(C(=O)Nc1ccc2c(c1)OC(C1CC(F)(F)C1)CN2C(=O)N1CC(C(F)(F)F)C1)C1CCCCCC1)OC[C@@H]1CC1(F)F. The molecule has 0 radical (unpaired) electrons. The number of ether oxygens (including phenoxy) is 2. The number of anilines is 2. The van der Waals surface area contributed by atoms with E-state index in [0.717, 1.165) is 30.6 Å². The van der Waals surface area contributed by atoms with Crippen molar-refractivity contribution in [3.05, 3.63) is 18.2 Å². The molecule has 6 rings (SSSR count). The number of carbonyl (C=O) groups is 3. The molecule has 3 atom stereocenters. The minimum atomic E-state index is -4.45. The average Bonchev–Trinajstić information content (AvgIpc) is 3.65. The van der Waals surface area contributed by atoms with E-state index >= 15 is 0 Å². The van der Waals surface area contributed by atoms with Gasteiger partial charge in [-0.2, -0.15) is 13.2 Å². The van der Waals surface area contributed by atoms with Crippen LogP contribution in [0, 0.1) is 23.7 Å². The fraction of sp³-hybridized carbons (Fsp3) is 0.710. The normalized spacial score (nSPS) is 26.4. The summed E-state index contributed by atoms with van der Waals surface area (Å²) < 4.78 is 104. The topological polar surface area (TPSA) is 100 Å². The molecule has 1 saturated heterocycles. The van der Waals surface area contributed by atoms with Crippen molar-refractivity contribution in [3.63, 3.8) is 0 Å². The van der Waals surface area contributed by atoms with E-state index in [-0.39, 0.29) is 36.0 Å². The lowest BCUT2D eigenvalue weighted by Gasteiger charge is -2.47. The molecular formula is C31H37F7N4O5. The molecule has 0 aromatic heterocycles. The first kappa shape index (κ1) is 33.4. The lowest BCUT2D eigenvalue weighted by atomic mass is 9.77. The van der Waals surface area contributed by atoms with E-state index in [1.54, 1.807) is 0 Å². The molecule has 3 aliphatic carbocycles. The zero-order valence-corrected chi connectivity index (χ0v) is 25.5. The predicted octanol–water partition coefficient (Wildman–Crippen LogP) is 6.57. The first-order valence-electron chi connectivity index (χ1n) is 16.0. The lowest BCUT2D eigenvalue weighted by molar-refractivity contribution is -0.201. The number of rotatable bonds is 7. The van der Waals surface area contributed by atoms with Crippen LogP contribution in [0.15, 0.2) is 18.2 Å². The molecule has 3 saturated carbocycles. The van der Waals surface area contributed by atoms with E-state index in [9.17, 15) is 45.1 Å². The van der Waals surface area contributed by atoms with E-state index in [1.807, 2.05) is 0 Å². The van der Waals surface area contributed by atoms with Gasteiger partial charge in [0.1, 0.15) is 24.5 Å². The molecule has 2 heterocycles. The minimum Gasteiger partial charge on any atom is -0.486 e. The van der Waals surface area contributed by atoms with Gasteiger partial charge in [-0.25, -0.2) is 27.2 Å². The maximum absolute atomic E-state index is 13.7. The number of fused-ring (bicyclic) bond motifs is 1. The number of nitrogens with zero attached hydrogens (tertiary/aromatic N) is 2. The van der Waals surface area contributed by atoms with Crippen LogP contribution in [0.25, 0.3) is 0 Å². The standard InChI is InChI=1S/C31H37F7N4O5/c32-29(33)10-18(11-29)24-15-42(28(45)41-13-20(14-41)31(36,37)38)22-8-7-21(9-23(22)47-24)39-26(43)25(17-5-3-1-2-4-6-17)40-27(44)46-16-19-12-30(19,34)35/h7-9,17-20,24-25H,1-6,10-16H2,(H,39,43)(H,40,44)/t19-,24?,25?/m0/s1. The van der Waals surface area contributed by atoms with Gasteiger partial charge in [0.15, 0.2) is 0 Å². The van der Waals surface area contributed by atoms with E-state index < -0.39 is 98.5 Å². The first-order valence-corrected chi connectivity index (χ1v) is 16.0. The third-order valence-corrected chi connectivity index (χ3v) is 9.95. The summed E-state index contributed by atoms with van der Waals surface area (Å²) in [5.74, 6) is -9.81. The molecule has 4 amide bonds. The molecule has 0 bridgehead atoms. The Labute approximate surface area is 266 Å². The quantitative estimate of drug-likeness (QED) is 0.251. The fourth-order valence-electron chi connectivity index (χ4n) is 6.85. The van der Waals surface area contributed by atoms with Gasteiger partial charge in [-0.15, -0.1) is 0 Å². The van der Waals surface area contributed by atoms with Crippen molar-refractivity contribution in [2.75, 3.05) is 36.5 Å². The highest BCUT2D eigenvalue weighted by Crippen LogP contribution is 2.49. The second kappa shape index (κ2) is 12.5. The number of urea groups is 1. The molecule has 260 valence electrons. The van der Waals surface area contributed by atoms with Gasteiger partial charge in [0.2, 0.25) is 11.8 Å². The van der Waals surface area contributed by atoms with Crippen molar-refractivity contribution < 1.29 is 54.6 Å². The van der Waals surface area contributed by atoms with Crippen LogP contribution >= 0.6 is 0 Å². The maximum Gasteiger partial charge on any atom is 0.407 e. The minimum absolute atomic E-state index is 0.0826. The first-order chi connectivity index (χ1) is 22.1. The van der Waals surface area contributed by atoms with Gasteiger partial charge >= 0.3 is 18.3 Å². The Bertz CT molecular complexity index is 1360. The maximum atomic E-state index is 13.7. The van der Waals surface area contributed by atoms with Gasteiger partial charge in [0.05, 0.1) is 24.1 Å². The van der Waals surface area contributed by atoms with Crippen molar-refractivity contribution in [2.24, 2.45) is 23.7 Å². The highest BCUT2D eigenvalue weighted by atomic mass is 19.4. The summed E-state index contributed by atoms with van der Waals surface area (Å²) in [5.41, 5.74) is 0.415. The zero-order valence-electron chi connectivity index (χ0n) is 25.5. The third kappa shape index (κ3) is 7.50. The Kier molecular flexibility index (Phi) is 8.92. The predicted molar refractivity (Wildman–Crippen MR) is 154 cm³/mol. The van der Waals surface area contributed by atoms with Crippen molar-refractivity contribution >= 4 is 29.4 Å². The smallest absolute Gasteiger partial charge is 0.407 e. The molecule has 9 nitrogen and oxygen atoms in total. The van der Waals surface area contributed by atoms with Crippen molar-refractivity contribution in [2.45, 2.75) is 88.0 Å². The number of halogens is 7. The van der Waals surface area contributed by atoms with Gasteiger partial charge in [-0.05, 0) is 30.9 Å². The summed E-state index contributed by atoms with van der Waals surface area (Å²) >= 11 is 0. The molecule has 47 heavy (non-hydrogen) atoms. The number of likely N-dealkylation sites (tertiary alicyclic amines) is 1. The van der Waals surface area contributed by atoms with Crippen LogP contribution in [0.4, 0.5) is 51.7 Å². The van der Waals surface area contributed by atoms with E-state index in [4.69, 9.17) is 9.47 Å². The van der Waals surface area contributed by atoms with Crippen LogP contribution in [-0.4, -0.2) is 79.3 Å². The van der Waals surface area contributed by atoms with Crippen LogP contribution in [0.1, 0.15) is 57.8 Å². The molecule has 5 aliphatic rings. The number of hydrogen-bond donors (Lipinski definition) is 2. The number of hydrogen-bond acceptors (Lipinski definition) is 5. The largest absolute Gasteiger partial charge is 0.486 e. The van der Waals surface area contributed by atoms with E-state index in [0.29, 0.717) is 12.8 Å². The van der Waals surface area contributed by atoms with Crippen molar-refractivity contribution in [3.8, 4) is 5.75 Å². The second-order valence-corrected chi connectivity index (χ2v) is 13.5. The lowest BCUT2D eigenvalue weighted by Crippen LogP contribution is -2.61. The molecule has 2 N–H and O–H groups in total. The summed E-state index contributed by atoms with van der Waals surface area (Å²) in [7, 11) is 0. The average molecular weight is 679 g/mol.